The molecule has 8 N–H and O–H groups in total. The van der Waals surface area contributed by atoms with Crippen LogP contribution in [0.5, 0.6) is 0 Å². The highest BCUT2D eigenvalue weighted by Crippen LogP contribution is 2.04. The highest BCUT2D eigenvalue weighted by Gasteiger charge is 1.80. The summed E-state index contributed by atoms with van der Waals surface area (Å²) in [6.45, 7) is 2.00. The van der Waals surface area contributed by atoms with Gasteiger partial charge >= 0.3 is 6.03 Å². The van der Waals surface area contributed by atoms with E-state index in [-0.39, 0.29) is 0 Å². The highest BCUT2D eigenvalue weighted by molar-refractivity contribution is 5.69. The lowest BCUT2D eigenvalue weighted by molar-refractivity contribution is -0.0979. The van der Waals surface area contributed by atoms with Gasteiger partial charge < -0.3 is 27.7 Å². The van der Waals surface area contributed by atoms with Crippen LogP contribution in [0.25, 0.3) is 0 Å². The maximum absolute atomic E-state index is 9.00. The van der Waals surface area contributed by atoms with Gasteiger partial charge in [-0.3, -0.25) is 0 Å². The Hall–Kier alpha value is -2.24. The number of carbonyl (C=O) groups excluding carboxylic acids is 2. The van der Waals surface area contributed by atoms with Gasteiger partial charge in [0.25, 0.3) is 0 Å². The van der Waals surface area contributed by atoms with Crippen molar-refractivity contribution in [3.8, 4) is 0 Å². The molecule has 1 rings (SSSR count). The molecule has 0 aromatic heterocycles. The van der Waals surface area contributed by atoms with Gasteiger partial charge in [0.1, 0.15) is 6.79 Å². The van der Waals surface area contributed by atoms with E-state index in [0.717, 1.165) is 11.4 Å². The molecular weight excluding hydrogens is 184 g/mol. The Balaban J connectivity index is 0. The predicted molar refractivity (Wildman–Crippen MR) is 56.2 cm³/mol. The van der Waals surface area contributed by atoms with Crippen molar-refractivity contribution in [3.63, 3.8) is 0 Å². The number of nitrogen functional groups attached to an aromatic ring is 2. The fourth-order valence-corrected chi connectivity index (χ4v) is 0.496. The van der Waals surface area contributed by atoms with Crippen molar-refractivity contribution in [3.05, 3.63) is 24.3 Å². The van der Waals surface area contributed by atoms with Gasteiger partial charge in [0.15, 0.2) is 0 Å². The van der Waals surface area contributed by atoms with E-state index in [9.17, 15) is 0 Å². The Morgan fingerprint density at radius 2 is 1.07 bits per heavy atom. The third kappa shape index (κ3) is 12.4. The molecule has 6 heteroatoms. The molecule has 14 heavy (non-hydrogen) atoms. The van der Waals surface area contributed by atoms with Crippen LogP contribution in [0.4, 0.5) is 16.2 Å². The van der Waals surface area contributed by atoms with E-state index >= 15 is 0 Å². The summed E-state index contributed by atoms with van der Waals surface area (Å²) < 4.78 is 0. The molecule has 1 aromatic rings. The molecular formula is C8H14N4O2. The number of benzene rings is 1. The molecule has 0 atom stereocenters. The molecule has 0 unspecified atom stereocenters. The second kappa shape index (κ2) is 8.85. The molecule has 0 saturated carbocycles. The Bertz CT molecular complexity index is 236. The van der Waals surface area contributed by atoms with E-state index in [2.05, 4.69) is 11.5 Å². The average Bonchev–Trinajstić information content (AvgIpc) is 2.13. The molecule has 0 radical (unpaired) electrons. The van der Waals surface area contributed by atoms with E-state index < -0.39 is 6.03 Å². The van der Waals surface area contributed by atoms with Crippen molar-refractivity contribution in [2.75, 3.05) is 11.5 Å². The fourth-order valence-electron chi connectivity index (χ4n) is 0.496. The van der Waals surface area contributed by atoms with Crippen molar-refractivity contribution in [1.82, 2.24) is 0 Å². The summed E-state index contributed by atoms with van der Waals surface area (Å²) in [4.78, 5) is 17.0. The maximum atomic E-state index is 9.00. The SMILES string of the molecule is C=O.NC(N)=O.Nc1ccc(N)cc1. The number of primary amides is 2. The van der Waals surface area contributed by atoms with Gasteiger partial charge in [-0.2, -0.15) is 0 Å². The average molecular weight is 198 g/mol. The molecule has 0 heterocycles. The van der Waals surface area contributed by atoms with Gasteiger partial charge in [-0.25, -0.2) is 4.79 Å². The van der Waals surface area contributed by atoms with Crippen LogP contribution >= 0.6 is 0 Å². The molecule has 2 amide bonds. The third-order valence-electron chi connectivity index (χ3n) is 0.936. The summed E-state index contributed by atoms with van der Waals surface area (Å²) in [6.07, 6.45) is 0. The van der Waals surface area contributed by atoms with Crippen LogP contribution in [0.2, 0.25) is 0 Å². The van der Waals surface area contributed by atoms with Crippen LogP contribution in [-0.4, -0.2) is 12.8 Å². The fraction of sp³-hybridized carbons (Fsp3) is 0. The largest absolute Gasteiger partial charge is 0.399 e. The Labute approximate surface area is 81.9 Å². The third-order valence-corrected chi connectivity index (χ3v) is 0.936. The lowest BCUT2D eigenvalue weighted by Crippen LogP contribution is -2.18. The Kier molecular flexibility index (Phi) is 9.04. The first kappa shape index (κ1) is 14.3. The summed E-state index contributed by atoms with van der Waals surface area (Å²) in [5, 5.41) is 0. The normalized spacial score (nSPS) is 7.14. The van der Waals surface area contributed by atoms with E-state index in [1.54, 1.807) is 24.3 Å². The lowest BCUT2D eigenvalue weighted by Gasteiger charge is -1.90. The zero-order valence-corrected chi connectivity index (χ0v) is 7.64. The number of hydrogen-bond donors (Lipinski definition) is 4. The molecule has 0 bridgehead atoms. The topological polar surface area (TPSA) is 138 Å². The standard InChI is InChI=1S/C6H8N2.CH4N2O.CH2O/c7-5-1-2-6(8)4-3-5;2-1(3)4;1-2/h1-4H,7-8H2;(H4,2,3,4);1H2. The van der Waals surface area contributed by atoms with Crippen molar-refractivity contribution >= 4 is 24.2 Å². The molecule has 0 aliphatic heterocycles. The van der Waals surface area contributed by atoms with Crippen LogP contribution in [0, 0.1) is 0 Å². The maximum Gasteiger partial charge on any atom is 0.309 e. The summed E-state index contributed by atoms with van der Waals surface area (Å²) in [5.41, 5.74) is 20.7. The van der Waals surface area contributed by atoms with Gasteiger partial charge in [0.2, 0.25) is 0 Å². The molecule has 0 aliphatic carbocycles. The first-order valence-corrected chi connectivity index (χ1v) is 3.47. The first-order valence-electron chi connectivity index (χ1n) is 3.47. The van der Waals surface area contributed by atoms with Crippen LogP contribution in [-0.2, 0) is 4.79 Å². The molecule has 0 fully saturated rings. The van der Waals surface area contributed by atoms with Crippen molar-refractivity contribution in [2.45, 2.75) is 0 Å². The van der Waals surface area contributed by atoms with Crippen LogP contribution in [0.3, 0.4) is 0 Å². The summed E-state index contributed by atoms with van der Waals surface area (Å²) in [5.74, 6) is 0. The minimum absolute atomic E-state index is 0.749. The highest BCUT2D eigenvalue weighted by atomic mass is 16.2. The van der Waals surface area contributed by atoms with E-state index in [1.807, 2.05) is 6.79 Å². The molecule has 1 aromatic carbocycles. The van der Waals surface area contributed by atoms with E-state index in [1.165, 1.54) is 0 Å². The molecule has 6 nitrogen and oxygen atoms in total. The lowest BCUT2D eigenvalue weighted by atomic mass is 10.3. The quantitative estimate of drug-likeness (QED) is 0.424. The van der Waals surface area contributed by atoms with Gasteiger partial charge in [-0.05, 0) is 24.3 Å². The summed E-state index contributed by atoms with van der Waals surface area (Å²) in [7, 11) is 0. The smallest absolute Gasteiger partial charge is 0.309 e. The van der Waals surface area contributed by atoms with Gasteiger partial charge in [-0.1, -0.05) is 0 Å². The van der Waals surface area contributed by atoms with Crippen molar-refractivity contribution < 1.29 is 9.59 Å². The van der Waals surface area contributed by atoms with E-state index in [0.29, 0.717) is 0 Å². The van der Waals surface area contributed by atoms with Crippen molar-refractivity contribution in [2.24, 2.45) is 11.5 Å². The van der Waals surface area contributed by atoms with Crippen molar-refractivity contribution in [1.29, 1.82) is 0 Å². The predicted octanol–water partition coefficient (Wildman–Crippen LogP) is -0.310. The zero-order chi connectivity index (χ0) is 11.6. The van der Waals surface area contributed by atoms with Gasteiger partial charge in [-0.15, -0.1) is 0 Å². The number of anilines is 2. The van der Waals surface area contributed by atoms with Gasteiger partial charge in [0, 0.05) is 11.4 Å². The number of hydrogen-bond acceptors (Lipinski definition) is 4. The monoisotopic (exact) mass is 198 g/mol. The van der Waals surface area contributed by atoms with Crippen LogP contribution in [0.1, 0.15) is 0 Å². The second-order valence-corrected chi connectivity index (χ2v) is 2.07. The molecule has 0 saturated heterocycles. The summed E-state index contributed by atoms with van der Waals surface area (Å²) in [6, 6.07) is 6.26. The zero-order valence-electron chi connectivity index (χ0n) is 7.64. The summed E-state index contributed by atoms with van der Waals surface area (Å²) >= 11 is 0. The number of nitrogens with two attached hydrogens (primary N) is 4. The minimum atomic E-state index is -0.833. The van der Waals surface area contributed by atoms with E-state index in [4.69, 9.17) is 21.1 Å². The minimum Gasteiger partial charge on any atom is -0.399 e. The molecule has 0 aliphatic rings. The second-order valence-electron chi connectivity index (χ2n) is 2.07. The number of carbonyl (C=O) groups is 2. The Morgan fingerprint density at radius 1 is 0.929 bits per heavy atom. The van der Waals surface area contributed by atoms with Crippen LogP contribution in [0.15, 0.2) is 24.3 Å². The molecule has 78 valence electrons. The Morgan fingerprint density at radius 3 is 1.21 bits per heavy atom. The first-order chi connectivity index (χ1) is 6.52. The van der Waals surface area contributed by atoms with Gasteiger partial charge in [0.05, 0.1) is 0 Å². The number of amides is 2. The number of rotatable bonds is 0. The molecule has 0 spiro atoms. The number of urea groups is 1. The van der Waals surface area contributed by atoms with Crippen LogP contribution < -0.4 is 22.9 Å².